The van der Waals surface area contributed by atoms with Crippen molar-refractivity contribution in [3.05, 3.63) is 28.8 Å². The summed E-state index contributed by atoms with van der Waals surface area (Å²) in [7, 11) is 0. The van der Waals surface area contributed by atoms with Crippen molar-refractivity contribution in [3.63, 3.8) is 0 Å². The molecule has 0 aliphatic carbocycles. The van der Waals surface area contributed by atoms with Gasteiger partial charge >= 0.3 is 6.18 Å². The predicted molar refractivity (Wildman–Crippen MR) is 63.0 cm³/mol. The fourth-order valence-corrected chi connectivity index (χ4v) is 1.68. The molecule has 1 rings (SSSR count). The highest BCUT2D eigenvalue weighted by Gasteiger charge is 2.31. The summed E-state index contributed by atoms with van der Waals surface area (Å²) in [6.45, 7) is 0.261. The summed E-state index contributed by atoms with van der Waals surface area (Å²) in [5.74, 6) is 0. The lowest BCUT2D eigenvalue weighted by Gasteiger charge is -2.18. The predicted octanol–water partition coefficient (Wildman–Crippen LogP) is 3.74. The number of hydrogen-bond donors (Lipinski definition) is 1. The summed E-state index contributed by atoms with van der Waals surface area (Å²) >= 11 is 11.5. The molecule has 1 N–H and O–H groups in total. The van der Waals surface area contributed by atoms with Crippen LogP contribution in [0.15, 0.2) is 18.2 Å². The van der Waals surface area contributed by atoms with Crippen LogP contribution < -0.4 is 9.95 Å². The third-order valence-electron chi connectivity index (χ3n) is 1.97. The number of hydrazine groups is 1. The van der Waals surface area contributed by atoms with E-state index < -0.39 is 11.7 Å². The van der Waals surface area contributed by atoms with Gasteiger partial charge in [0.1, 0.15) is 0 Å². The number of rotatable bonds is 4. The third kappa shape index (κ3) is 3.95. The standard InChI is InChI=1S/C10H8Cl2F3N3/c11-8-6-7(10(13,14)15)2-3-9(8)18(12)17-5-1-4-16/h2-3,6,17H,1,5H2. The van der Waals surface area contributed by atoms with Gasteiger partial charge in [-0.15, -0.1) is 0 Å². The van der Waals surface area contributed by atoms with Gasteiger partial charge in [0.05, 0.1) is 22.3 Å². The summed E-state index contributed by atoms with van der Waals surface area (Å²) in [5, 5.41) is 8.19. The molecule has 8 heteroatoms. The van der Waals surface area contributed by atoms with Gasteiger partial charge in [0.2, 0.25) is 0 Å². The van der Waals surface area contributed by atoms with Crippen molar-refractivity contribution in [2.24, 2.45) is 0 Å². The highest BCUT2D eigenvalue weighted by Crippen LogP contribution is 2.35. The topological polar surface area (TPSA) is 39.1 Å². The van der Waals surface area contributed by atoms with Gasteiger partial charge in [0.15, 0.2) is 0 Å². The van der Waals surface area contributed by atoms with Crippen LogP contribution in [0.2, 0.25) is 5.02 Å². The van der Waals surface area contributed by atoms with Crippen LogP contribution in [0.3, 0.4) is 0 Å². The lowest BCUT2D eigenvalue weighted by Crippen LogP contribution is -2.30. The van der Waals surface area contributed by atoms with E-state index in [2.05, 4.69) is 5.43 Å². The fraction of sp³-hybridized carbons (Fsp3) is 0.300. The van der Waals surface area contributed by atoms with E-state index in [1.54, 1.807) is 0 Å². The summed E-state index contributed by atoms with van der Waals surface area (Å²) in [5.41, 5.74) is 1.95. The first-order valence-electron chi connectivity index (χ1n) is 4.79. The largest absolute Gasteiger partial charge is 0.416 e. The molecule has 0 fully saturated rings. The number of alkyl halides is 3. The summed E-state index contributed by atoms with van der Waals surface area (Å²) in [6.07, 6.45) is -4.24. The molecule has 18 heavy (non-hydrogen) atoms. The molecular formula is C10H8Cl2F3N3. The Hall–Kier alpha value is -1.16. The molecular weight excluding hydrogens is 290 g/mol. The van der Waals surface area contributed by atoms with Crippen molar-refractivity contribution >= 4 is 29.1 Å². The number of nitrogens with one attached hydrogen (secondary N) is 1. The quantitative estimate of drug-likeness (QED) is 0.523. The van der Waals surface area contributed by atoms with Crippen LogP contribution in [0.25, 0.3) is 0 Å². The van der Waals surface area contributed by atoms with Crippen LogP contribution in [0.4, 0.5) is 18.9 Å². The molecule has 98 valence electrons. The van der Waals surface area contributed by atoms with Gasteiger partial charge in [0, 0.05) is 24.7 Å². The molecule has 0 unspecified atom stereocenters. The van der Waals surface area contributed by atoms with Crippen molar-refractivity contribution in [1.29, 1.82) is 5.26 Å². The average Bonchev–Trinajstić information content (AvgIpc) is 2.27. The summed E-state index contributed by atoms with van der Waals surface area (Å²) < 4.78 is 38.1. The minimum Gasteiger partial charge on any atom is -0.218 e. The zero-order chi connectivity index (χ0) is 13.8. The maximum Gasteiger partial charge on any atom is 0.416 e. The summed E-state index contributed by atoms with van der Waals surface area (Å²) in [6, 6.07) is 4.71. The first-order chi connectivity index (χ1) is 8.36. The number of halogens is 5. The van der Waals surface area contributed by atoms with Crippen molar-refractivity contribution in [2.45, 2.75) is 12.6 Å². The van der Waals surface area contributed by atoms with Crippen LogP contribution in [0, 0.1) is 11.3 Å². The van der Waals surface area contributed by atoms with Crippen molar-refractivity contribution < 1.29 is 13.2 Å². The van der Waals surface area contributed by atoms with Gasteiger partial charge in [-0.25, -0.2) is 9.95 Å². The summed E-state index contributed by atoms with van der Waals surface area (Å²) in [4.78, 5) is 0. The van der Waals surface area contributed by atoms with Gasteiger partial charge < -0.3 is 0 Å². The Balaban J connectivity index is 2.83. The lowest BCUT2D eigenvalue weighted by atomic mass is 10.2. The Morgan fingerprint density at radius 2 is 2.06 bits per heavy atom. The smallest absolute Gasteiger partial charge is 0.218 e. The van der Waals surface area contributed by atoms with Crippen LogP contribution in [-0.2, 0) is 6.18 Å². The van der Waals surface area contributed by atoms with E-state index >= 15 is 0 Å². The van der Waals surface area contributed by atoms with Gasteiger partial charge in [0.25, 0.3) is 0 Å². The maximum atomic E-state index is 12.4. The molecule has 0 atom stereocenters. The Morgan fingerprint density at radius 3 is 2.56 bits per heavy atom. The molecule has 0 aliphatic heterocycles. The second-order valence-corrected chi connectivity index (χ2v) is 4.01. The highest BCUT2D eigenvalue weighted by molar-refractivity contribution is 6.36. The van der Waals surface area contributed by atoms with E-state index in [0.717, 1.165) is 22.7 Å². The van der Waals surface area contributed by atoms with Gasteiger partial charge in [-0.05, 0) is 18.2 Å². The Bertz CT molecular complexity index is 457. The van der Waals surface area contributed by atoms with Gasteiger partial charge in [-0.3, -0.25) is 0 Å². The average molecular weight is 298 g/mol. The fourth-order valence-electron chi connectivity index (χ4n) is 1.14. The van der Waals surface area contributed by atoms with Crippen molar-refractivity contribution in [2.75, 3.05) is 11.1 Å². The van der Waals surface area contributed by atoms with E-state index in [-0.39, 0.29) is 23.7 Å². The molecule has 0 amide bonds. The van der Waals surface area contributed by atoms with Crippen molar-refractivity contribution in [3.8, 4) is 6.07 Å². The second kappa shape index (κ2) is 6.14. The molecule has 3 nitrogen and oxygen atoms in total. The number of benzene rings is 1. The zero-order valence-corrected chi connectivity index (χ0v) is 10.4. The van der Waals surface area contributed by atoms with Crippen LogP contribution in [-0.4, -0.2) is 6.54 Å². The third-order valence-corrected chi connectivity index (χ3v) is 2.58. The molecule has 0 aliphatic rings. The molecule has 1 aromatic carbocycles. The molecule has 0 saturated carbocycles. The van der Waals surface area contributed by atoms with E-state index in [9.17, 15) is 13.2 Å². The number of nitriles is 1. The van der Waals surface area contributed by atoms with E-state index in [1.807, 2.05) is 6.07 Å². The second-order valence-electron chi connectivity index (χ2n) is 3.26. The monoisotopic (exact) mass is 297 g/mol. The van der Waals surface area contributed by atoms with Crippen molar-refractivity contribution in [1.82, 2.24) is 5.43 Å². The van der Waals surface area contributed by atoms with Gasteiger partial charge in [-0.2, -0.15) is 18.4 Å². The molecule has 0 radical (unpaired) electrons. The minimum absolute atomic E-state index is 0.135. The molecule has 0 aromatic heterocycles. The molecule has 0 bridgehead atoms. The Morgan fingerprint density at radius 1 is 1.39 bits per heavy atom. The molecule has 1 aromatic rings. The first kappa shape index (κ1) is 14.9. The van der Waals surface area contributed by atoms with E-state index in [1.165, 1.54) is 0 Å². The number of hydrogen-bond acceptors (Lipinski definition) is 3. The molecule has 0 heterocycles. The van der Waals surface area contributed by atoms with E-state index in [0.29, 0.717) is 0 Å². The lowest BCUT2D eigenvalue weighted by molar-refractivity contribution is -0.137. The SMILES string of the molecule is N#CCCNN(Cl)c1ccc(C(F)(F)F)cc1Cl. The van der Waals surface area contributed by atoms with Crippen LogP contribution in [0.5, 0.6) is 0 Å². The van der Waals surface area contributed by atoms with E-state index in [4.69, 9.17) is 28.6 Å². The molecule has 0 spiro atoms. The Labute approximate surface area is 112 Å². The van der Waals surface area contributed by atoms with Crippen LogP contribution >= 0.6 is 23.4 Å². The number of nitrogens with zero attached hydrogens (tertiary/aromatic N) is 2. The number of anilines is 1. The Kier molecular flexibility index (Phi) is 5.08. The first-order valence-corrected chi connectivity index (χ1v) is 5.51. The normalized spacial score (nSPS) is 11.1. The molecule has 0 saturated heterocycles. The van der Waals surface area contributed by atoms with Gasteiger partial charge in [-0.1, -0.05) is 11.6 Å². The van der Waals surface area contributed by atoms with Crippen LogP contribution in [0.1, 0.15) is 12.0 Å². The maximum absolute atomic E-state index is 12.4. The zero-order valence-electron chi connectivity index (χ0n) is 8.93. The minimum atomic E-state index is -4.45. The highest BCUT2D eigenvalue weighted by atomic mass is 35.5.